The smallest absolute Gasteiger partial charge is 0.167 e. The Hall–Kier alpha value is -1.67. The number of likely N-dealkylation sites (tertiary alicyclic amines) is 1. The summed E-state index contributed by atoms with van der Waals surface area (Å²) < 4.78 is 31.3. The lowest BCUT2D eigenvalue weighted by atomic mass is 9.99. The SMILES string of the molecule is N#CC1CCN(CCOc2ccc(F)cc2F)CC1. The highest BCUT2D eigenvalue weighted by Crippen LogP contribution is 2.18. The van der Waals surface area contributed by atoms with Gasteiger partial charge in [-0.25, -0.2) is 8.78 Å². The highest BCUT2D eigenvalue weighted by molar-refractivity contribution is 5.24. The van der Waals surface area contributed by atoms with Gasteiger partial charge in [0.15, 0.2) is 11.6 Å². The molecule has 5 heteroatoms. The minimum absolute atomic E-state index is 0.0771. The number of hydrogen-bond acceptors (Lipinski definition) is 3. The van der Waals surface area contributed by atoms with Crippen LogP contribution in [0.4, 0.5) is 8.78 Å². The van der Waals surface area contributed by atoms with Crippen molar-refractivity contribution in [2.24, 2.45) is 5.92 Å². The molecule has 0 aliphatic carbocycles. The van der Waals surface area contributed by atoms with Gasteiger partial charge in [0.2, 0.25) is 0 Å². The zero-order valence-electron chi connectivity index (χ0n) is 10.6. The van der Waals surface area contributed by atoms with Crippen LogP contribution in [-0.2, 0) is 0 Å². The molecule has 0 aromatic heterocycles. The maximum atomic E-state index is 13.3. The number of benzene rings is 1. The molecule has 1 saturated heterocycles. The van der Waals surface area contributed by atoms with Crippen molar-refractivity contribution < 1.29 is 13.5 Å². The molecule has 0 unspecified atom stereocenters. The van der Waals surface area contributed by atoms with Gasteiger partial charge in [0.05, 0.1) is 6.07 Å². The van der Waals surface area contributed by atoms with Gasteiger partial charge in [-0.3, -0.25) is 4.90 Å². The molecule has 0 radical (unpaired) electrons. The lowest BCUT2D eigenvalue weighted by Gasteiger charge is -2.28. The van der Waals surface area contributed by atoms with E-state index in [2.05, 4.69) is 11.0 Å². The summed E-state index contributed by atoms with van der Waals surface area (Å²) in [4.78, 5) is 2.19. The molecule has 1 aliphatic heterocycles. The molecule has 0 N–H and O–H groups in total. The molecule has 3 nitrogen and oxygen atoms in total. The van der Waals surface area contributed by atoms with Gasteiger partial charge >= 0.3 is 0 Å². The predicted molar refractivity (Wildman–Crippen MR) is 66.6 cm³/mol. The minimum atomic E-state index is -0.678. The zero-order valence-corrected chi connectivity index (χ0v) is 10.6. The first-order valence-corrected chi connectivity index (χ1v) is 6.39. The molecule has 0 amide bonds. The van der Waals surface area contributed by atoms with Crippen molar-refractivity contribution in [3.63, 3.8) is 0 Å². The van der Waals surface area contributed by atoms with E-state index in [9.17, 15) is 8.78 Å². The van der Waals surface area contributed by atoms with E-state index in [-0.39, 0.29) is 11.7 Å². The summed E-state index contributed by atoms with van der Waals surface area (Å²) in [6.07, 6.45) is 1.75. The summed E-state index contributed by atoms with van der Waals surface area (Å²) in [5, 5.41) is 8.79. The van der Waals surface area contributed by atoms with Crippen LogP contribution >= 0.6 is 0 Å². The van der Waals surface area contributed by atoms with E-state index in [1.165, 1.54) is 12.1 Å². The lowest BCUT2D eigenvalue weighted by molar-refractivity contribution is 0.166. The molecule has 1 aromatic rings. The topological polar surface area (TPSA) is 36.3 Å². The second kappa shape index (κ2) is 6.48. The van der Waals surface area contributed by atoms with Crippen LogP contribution in [0.15, 0.2) is 18.2 Å². The summed E-state index contributed by atoms with van der Waals surface area (Å²) in [5.74, 6) is -1.05. The second-order valence-corrected chi connectivity index (χ2v) is 4.67. The van der Waals surface area contributed by atoms with Crippen molar-refractivity contribution in [3.8, 4) is 11.8 Å². The van der Waals surface area contributed by atoms with Gasteiger partial charge in [0.25, 0.3) is 0 Å². The molecule has 19 heavy (non-hydrogen) atoms. The monoisotopic (exact) mass is 266 g/mol. The van der Waals surface area contributed by atoms with Crippen LogP contribution in [0, 0.1) is 28.9 Å². The fraction of sp³-hybridized carbons (Fsp3) is 0.500. The third-order valence-corrected chi connectivity index (χ3v) is 3.33. The summed E-state index contributed by atoms with van der Waals surface area (Å²) in [6.45, 7) is 2.79. The van der Waals surface area contributed by atoms with Crippen LogP contribution < -0.4 is 4.74 Å². The Kier molecular flexibility index (Phi) is 4.69. The van der Waals surface area contributed by atoms with Crippen LogP contribution in [0.2, 0.25) is 0 Å². The largest absolute Gasteiger partial charge is 0.489 e. The van der Waals surface area contributed by atoms with Crippen molar-refractivity contribution in [3.05, 3.63) is 29.8 Å². The van der Waals surface area contributed by atoms with Gasteiger partial charge in [-0.2, -0.15) is 5.26 Å². The van der Waals surface area contributed by atoms with E-state index in [1.54, 1.807) is 0 Å². The predicted octanol–water partition coefficient (Wildman–Crippen LogP) is 2.58. The van der Waals surface area contributed by atoms with Crippen molar-refractivity contribution in [1.29, 1.82) is 5.26 Å². The Balaban J connectivity index is 1.74. The van der Waals surface area contributed by atoms with E-state index in [1.807, 2.05) is 0 Å². The molecule has 1 aliphatic rings. The molecule has 0 spiro atoms. The minimum Gasteiger partial charge on any atom is -0.489 e. The lowest BCUT2D eigenvalue weighted by Crippen LogP contribution is -2.36. The molecule has 0 saturated carbocycles. The molecule has 0 atom stereocenters. The fourth-order valence-corrected chi connectivity index (χ4v) is 2.16. The number of rotatable bonds is 4. The number of hydrogen-bond donors (Lipinski definition) is 0. The van der Waals surface area contributed by atoms with Gasteiger partial charge < -0.3 is 4.74 Å². The maximum absolute atomic E-state index is 13.3. The van der Waals surface area contributed by atoms with Crippen molar-refractivity contribution >= 4 is 0 Å². The van der Waals surface area contributed by atoms with Crippen LogP contribution in [0.5, 0.6) is 5.75 Å². The van der Waals surface area contributed by atoms with Gasteiger partial charge in [-0.15, -0.1) is 0 Å². The second-order valence-electron chi connectivity index (χ2n) is 4.67. The van der Waals surface area contributed by atoms with Gasteiger partial charge in [-0.05, 0) is 38.1 Å². The van der Waals surface area contributed by atoms with E-state index < -0.39 is 11.6 Å². The van der Waals surface area contributed by atoms with Crippen molar-refractivity contribution in [2.75, 3.05) is 26.2 Å². The number of nitrogens with zero attached hydrogens (tertiary/aromatic N) is 2. The van der Waals surface area contributed by atoms with Gasteiger partial charge in [-0.1, -0.05) is 0 Å². The maximum Gasteiger partial charge on any atom is 0.167 e. The Morgan fingerprint density at radius 1 is 1.32 bits per heavy atom. The first-order chi connectivity index (χ1) is 9.19. The number of piperidine rings is 1. The standard InChI is InChI=1S/C14H16F2N2O/c15-12-1-2-14(13(16)9-12)19-8-7-18-5-3-11(10-17)4-6-18/h1-2,9,11H,3-8H2. The summed E-state index contributed by atoms with van der Waals surface area (Å²) in [5.41, 5.74) is 0. The zero-order chi connectivity index (χ0) is 13.7. The highest BCUT2D eigenvalue weighted by atomic mass is 19.1. The Labute approximate surface area is 111 Å². The number of nitriles is 1. The first kappa shape index (κ1) is 13.8. The van der Waals surface area contributed by atoms with Crippen LogP contribution in [-0.4, -0.2) is 31.1 Å². The van der Waals surface area contributed by atoms with Crippen LogP contribution in [0.1, 0.15) is 12.8 Å². The molecule has 0 bridgehead atoms. The Bertz CT molecular complexity index is 465. The average molecular weight is 266 g/mol. The van der Waals surface area contributed by atoms with Crippen LogP contribution in [0.25, 0.3) is 0 Å². The molecule has 2 rings (SSSR count). The molecule has 1 fully saturated rings. The molecular formula is C14H16F2N2O. The number of ether oxygens (including phenoxy) is 1. The average Bonchev–Trinajstić information content (AvgIpc) is 2.42. The Morgan fingerprint density at radius 3 is 2.68 bits per heavy atom. The number of halogens is 2. The fourth-order valence-electron chi connectivity index (χ4n) is 2.16. The first-order valence-electron chi connectivity index (χ1n) is 6.39. The van der Waals surface area contributed by atoms with Crippen molar-refractivity contribution in [2.45, 2.75) is 12.8 Å². The molecule has 1 heterocycles. The quantitative estimate of drug-likeness (QED) is 0.840. The van der Waals surface area contributed by atoms with Gasteiger partial charge in [0, 0.05) is 18.5 Å². The van der Waals surface area contributed by atoms with E-state index in [4.69, 9.17) is 10.00 Å². The summed E-state index contributed by atoms with van der Waals surface area (Å²) in [6, 6.07) is 5.56. The van der Waals surface area contributed by atoms with E-state index in [0.717, 1.165) is 32.0 Å². The van der Waals surface area contributed by atoms with E-state index in [0.29, 0.717) is 13.2 Å². The van der Waals surface area contributed by atoms with Crippen molar-refractivity contribution in [1.82, 2.24) is 4.90 Å². The normalized spacial score (nSPS) is 17.1. The third-order valence-electron chi connectivity index (χ3n) is 3.33. The molecule has 102 valence electrons. The summed E-state index contributed by atoms with van der Waals surface area (Å²) >= 11 is 0. The highest BCUT2D eigenvalue weighted by Gasteiger charge is 2.18. The third kappa shape index (κ3) is 3.90. The Morgan fingerprint density at radius 2 is 2.05 bits per heavy atom. The molecule has 1 aromatic carbocycles. The van der Waals surface area contributed by atoms with Gasteiger partial charge in [0.1, 0.15) is 12.4 Å². The summed E-state index contributed by atoms with van der Waals surface area (Å²) in [7, 11) is 0. The molecular weight excluding hydrogens is 250 g/mol. The van der Waals surface area contributed by atoms with Crippen LogP contribution in [0.3, 0.4) is 0 Å². The van der Waals surface area contributed by atoms with E-state index >= 15 is 0 Å².